The van der Waals surface area contributed by atoms with Gasteiger partial charge >= 0.3 is 0 Å². The van der Waals surface area contributed by atoms with E-state index in [1.807, 2.05) is 0 Å². The van der Waals surface area contributed by atoms with E-state index in [0.717, 1.165) is 11.5 Å². The highest BCUT2D eigenvalue weighted by Gasteiger charge is 2.43. The summed E-state index contributed by atoms with van der Waals surface area (Å²) in [4.78, 5) is 0. The summed E-state index contributed by atoms with van der Waals surface area (Å²) in [5, 5.41) is 0. The van der Waals surface area contributed by atoms with Gasteiger partial charge in [-0.15, -0.1) is 0 Å². The summed E-state index contributed by atoms with van der Waals surface area (Å²) in [7, 11) is 0. The SMILES string of the molecule is CC1(C)c2ccccc2-c2ccc(-c3ccccc3)c(B3c4ccccc4Oc4ccccc43)c21. The number of para-hydroxylation sites is 2. The number of hydrogen-bond donors (Lipinski definition) is 0. The molecule has 0 amide bonds. The molecule has 1 aliphatic heterocycles. The normalized spacial score (nSPS) is 14.4. The first-order valence-electron chi connectivity index (χ1n) is 12.3. The maximum Gasteiger partial charge on any atom is 0.252 e. The highest BCUT2D eigenvalue weighted by Crippen LogP contribution is 2.49. The lowest BCUT2D eigenvalue weighted by atomic mass is 9.33. The van der Waals surface area contributed by atoms with Gasteiger partial charge in [0, 0.05) is 5.41 Å². The smallest absolute Gasteiger partial charge is 0.252 e. The van der Waals surface area contributed by atoms with Crippen LogP contribution in [-0.2, 0) is 5.41 Å². The van der Waals surface area contributed by atoms with Crippen LogP contribution in [0.4, 0.5) is 0 Å². The highest BCUT2D eigenvalue weighted by molar-refractivity contribution is 6.98. The Labute approximate surface area is 207 Å². The van der Waals surface area contributed by atoms with Gasteiger partial charge in [0.1, 0.15) is 11.5 Å². The Bertz CT molecular complexity index is 1550. The van der Waals surface area contributed by atoms with Gasteiger partial charge in [0.2, 0.25) is 0 Å². The second-order valence-corrected chi connectivity index (χ2v) is 10.1. The molecule has 0 bridgehead atoms. The molecule has 0 aromatic heterocycles. The molecule has 0 radical (unpaired) electrons. The predicted octanol–water partition coefficient (Wildman–Crippen LogP) is 6.28. The van der Waals surface area contributed by atoms with Crippen molar-refractivity contribution in [1.82, 2.24) is 0 Å². The van der Waals surface area contributed by atoms with Gasteiger partial charge in [-0.05, 0) is 56.4 Å². The third-order valence-corrected chi connectivity index (χ3v) is 7.81. The van der Waals surface area contributed by atoms with Crippen molar-refractivity contribution in [3.63, 3.8) is 0 Å². The van der Waals surface area contributed by atoms with Crippen LogP contribution < -0.4 is 21.1 Å². The molecule has 166 valence electrons. The maximum absolute atomic E-state index is 6.41. The molecule has 0 saturated heterocycles. The molecule has 0 saturated carbocycles. The third-order valence-electron chi connectivity index (χ3n) is 7.81. The van der Waals surface area contributed by atoms with Crippen LogP contribution in [-0.4, -0.2) is 6.71 Å². The summed E-state index contributed by atoms with van der Waals surface area (Å²) in [5.41, 5.74) is 11.8. The molecule has 1 nitrogen and oxygen atoms in total. The van der Waals surface area contributed by atoms with Crippen LogP contribution in [0.3, 0.4) is 0 Å². The van der Waals surface area contributed by atoms with E-state index in [1.165, 1.54) is 49.8 Å². The third kappa shape index (κ3) is 2.90. The molecule has 7 rings (SSSR count). The molecular formula is C33H25BO. The van der Waals surface area contributed by atoms with E-state index < -0.39 is 0 Å². The summed E-state index contributed by atoms with van der Waals surface area (Å²) in [6.07, 6.45) is 0. The summed E-state index contributed by atoms with van der Waals surface area (Å²) < 4.78 is 6.41. The van der Waals surface area contributed by atoms with Gasteiger partial charge in [0.05, 0.1) is 0 Å². The predicted molar refractivity (Wildman–Crippen MR) is 147 cm³/mol. The summed E-state index contributed by atoms with van der Waals surface area (Å²) in [6.45, 7) is 4.84. The van der Waals surface area contributed by atoms with Crippen LogP contribution in [0.5, 0.6) is 11.5 Å². The lowest BCUT2D eigenvalue weighted by molar-refractivity contribution is 0.487. The van der Waals surface area contributed by atoms with Gasteiger partial charge < -0.3 is 4.74 Å². The minimum atomic E-state index is -0.117. The number of fused-ring (bicyclic) bond motifs is 5. The molecular weight excluding hydrogens is 423 g/mol. The first kappa shape index (κ1) is 20.3. The second-order valence-electron chi connectivity index (χ2n) is 10.1. The van der Waals surface area contributed by atoms with Crippen molar-refractivity contribution in [1.29, 1.82) is 0 Å². The summed E-state index contributed by atoms with van der Waals surface area (Å²) in [5.74, 6) is 1.89. The van der Waals surface area contributed by atoms with Gasteiger partial charge in [0.15, 0.2) is 0 Å². The lowest BCUT2D eigenvalue weighted by Gasteiger charge is -2.33. The summed E-state index contributed by atoms with van der Waals surface area (Å²) in [6, 6.07) is 41.5. The zero-order valence-corrected chi connectivity index (χ0v) is 20.0. The Morgan fingerprint density at radius 1 is 0.543 bits per heavy atom. The summed E-state index contributed by atoms with van der Waals surface area (Å²) >= 11 is 0. The molecule has 0 fully saturated rings. The first-order chi connectivity index (χ1) is 17.1. The molecule has 2 aliphatic rings. The average Bonchev–Trinajstić information content (AvgIpc) is 3.14. The minimum absolute atomic E-state index is 0.0786. The van der Waals surface area contributed by atoms with E-state index in [1.54, 1.807) is 0 Å². The molecule has 0 spiro atoms. The number of ether oxygens (including phenoxy) is 1. The Morgan fingerprint density at radius 2 is 1.11 bits per heavy atom. The molecule has 5 aromatic carbocycles. The second kappa shape index (κ2) is 7.48. The first-order valence-corrected chi connectivity index (χ1v) is 12.3. The van der Waals surface area contributed by atoms with Crippen LogP contribution in [0.25, 0.3) is 22.3 Å². The standard InChI is InChI=1S/C33H25BO/c1-33(2)26-15-7-6-14-24(26)25-21-20-23(22-12-4-3-5-13-22)32(31(25)33)34-27-16-8-10-18-29(27)35-30-19-11-9-17-28(30)34/h3-21H,1-2H3. The van der Waals surface area contributed by atoms with Crippen LogP contribution >= 0.6 is 0 Å². The van der Waals surface area contributed by atoms with Crippen molar-refractivity contribution in [3.8, 4) is 33.8 Å². The van der Waals surface area contributed by atoms with Crippen LogP contribution in [0.2, 0.25) is 0 Å². The Kier molecular flexibility index (Phi) is 4.35. The molecule has 0 unspecified atom stereocenters. The number of rotatable bonds is 2. The van der Waals surface area contributed by atoms with E-state index >= 15 is 0 Å². The van der Waals surface area contributed by atoms with Crippen LogP contribution in [0, 0.1) is 0 Å². The molecule has 0 N–H and O–H groups in total. The average molecular weight is 448 g/mol. The van der Waals surface area contributed by atoms with Crippen molar-refractivity contribution in [2.45, 2.75) is 19.3 Å². The fraction of sp³-hybridized carbons (Fsp3) is 0.0909. The fourth-order valence-electron chi connectivity index (χ4n) is 6.31. The molecule has 0 atom stereocenters. The molecule has 2 heteroatoms. The van der Waals surface area contributed by atoms with Crippen LogP contribution in [0.1, 0.15) is 25.0 Å². The Hall–Kier alpha value is -4.04. The van der Waals surface area contributed by atoms with Crippen molar-refractivity contribution < 1.29 is 4.74 Å². The van der Waals surface area contributed by atoms with Gasteiger partial charge in [-0.3, -0.25) is 0 Å². The molecule has 5 aromatic rings. The maximum atomic E-state index is 6.41. The quantitative estimate of drug-likeness (QED) is 0.283. The van der Waals surface area contributed by atoms with E-state index in [0.29, 0.717) is 0 Å². The zero-order chi connectivity index (χ0) is 23.6. The minimum Gasteiger partial charge on any atom is -0.458 e. The molecule has 1 heterocycles. The van der Waals surface area contributed by atoms with Gasteiger partial charge in [-0.25, -0.2) is 0 Å². The molecule has 35 heavy (non-hydrogen) atoms. The fourth-order valence-corrected chi connectivity index (χ4v) is 6.31. The Balaban J connectivity index is 1.63. The highest BCUT2D eigenvalue weighted by atomic mass is 16.5. The van der Waals surface area contributed by atoms with E-state index in [9.17, 15) is 0 Å². The van der Waals surface area contributed by atoms with Crippen LogP contribution in [0.15, 0.2) is 115 Å². The van der Waals surface area contributed by atoms with E-state index in [2.05, 4.69) is 129 Å². The topological polar surface area (TPSA) is 9.23 Å². The van der Waals surface area contributed by atoms with E-state index in [-0.39, 0.29) is 12.1 Å². The van der Waals surface area contributed by atoms with Crippen molar-refractivity contribution in [2.75, 3.05) is 0 Å². The number of hydrogen-bond acceptors (Lipinski definition) is 1. The number of benzene rings is 5. The van der Waals surface area contributed by atoms with Gasteiger partial charge in [-0.2, -0.15) is 0 Å². The van der Waals surface area contributed by atoms with E-state index in [4.69, 9.17) is 4.74 Å². The van der Waals surface area contributed by atoms with Crippen molar-refractivity contribution >= 4 is 23.1 Å². The van der Waals surface area contributed by atoms with Crippen molar-refractivity contribution in [2.24, 2.45) is 0 Å². The van der Waals surface area contributed by atoms with Gasteiger partial charge in [0.25, 0.3) is 6.71 Å². The monoisotopic (exact) mass is 448 g/mol. The zero-order valence-electron chi connectivity index (χ0n) is 20.0. The lowest BCUT2D eigenvalue weighted by Crippen LogP contribution is -2.57. The van der Waals surface area contributed by atoms with Crippen molar-refractivity contribution in [3.05, 3.63) is 126 Å². The van der Waals surface area contributed by atoms with Gasteiger partial charge in [-0.1, -0.05) is 122 Å². The Morgan fingerprint density at radius 3 is 1.83 bits per heavy atom. The molecule has 1 aliphatic carbocycles. The largest absolute Gasteiger partial charge is 0.458 e.